The lowest BCUT2D eigenvalue weighted by atomic mass is 10.0. The van der Waals surface area contributed by atoms with Crippen LogP contribution in [0.4, 0.5) is 5.82 Å². The number of aliphatic carboxylic acids is 1. The summed E-state index contributed by atoms with van der Waals surface area (Å²) in [5.41, 5.74) is 10.1. The molecule has 1 aliphatic heterocycles. The monoisotopic (exact) mass is 381 g/mol. The number of carbonyl (C=O) groups is 2. The number of fused-ring (bicyclic) bond motifs is 1. The van der Waals surface area contributed by atoms with Gasteiger partial charge < -0.3 is 26.5 Å². The number of benzene rings is 1. The Morgan fingerprint density at radius 3 is 2.68 bits per heavy atom. The van der Waals surface area contributed by atoms with E-state index in [0.717, 1.165) is 35.2 Å². The van der Waals surface area contributed by atoms with Crippen LogP contribution in [-0.2, 0) is 17.6 Å². The molecule has 1 aliphatic rings. The third-order valence-electron chi connectivity index (χ3n) is 4.51. The molecule has 28 heavy (non-hydrogen) atoms. The van der Waals surface area contributed by atoms with Gasteiger partial charge in [-0.2, -0.15) is 4.99 Å². The molecule has 6 N–H and O–H groups in total. The number of nitrogens with two attached hydrogens (primary N) is 1. The number of carboxylic acid groups (broad SMARTS) is 1. The number of nitrogens with one attached hydrogen (secondary N) is 3. The minimum absolute atomic E-state index is 0.0436. The van der Waals surface area contributed by atoms with E-state index in [2.05, 4.69) is 27.2 Å². The van der Waals surface area contributed by atoms with Gasteiger partial charge in [-0.15, -0.1) is 0 Å². The molecule has 0 spiro atoms. The van der Waals surface area contributed by atoms with Crippen molar-refractivity contribution < 1.29 is 14.7 Å². The van der Waals surface area contributed by atoms with Crippen LogP contribution in [0.2, 0.25) is 0 Å². The van der Waals surface area contributed by atoms with Crippen LogP contribution in [0, 0.1) is 0 Å². The van der Waals surface area contributed by atoms with E-state index in [4.69, 9.17) is 10.8 Å². The van der Waals surface area contributed by atoms with Crippen molar-refractivity contribution in [1.82, 2.24) is 15.6 Å². The van der Waals surface area contributed by atoms with E-state index < -0.39 is 5.97 Å². The number of carboxylic acids is 1. The fraction of sp³-hybridized carbons (Fsp3) is 0.250. The second-order valence-electron chi connectivity index (χ2n) is 6.59. The molecule has 2 heterocycles. The third-order valence-corrected chi connectivity index (χ3v) is 4.51. The van der Waals surface area contributed by atoms with Gasteiger partial charge in [0.15, 0.2) is 5.96 Å². The minimum Gasteiger partial charge on any atom is -0.481 e. The fourth-order valence-corrected chi connectivity index (χ4v) is 3.08. The van der Waals surface area contributed by atoms with E-state index in [-0.39, 0.29) is 12.3 Å². The number of aromatic amines is 1. The first-order chi connectivity index (χ1) is 13.4. The van der Waals surface area contributed by atoms with E-state index in [1.54, 1.807) is 12.1 Å². The number of rotatable bonds is 8. The average Bonchev–Trinajstić information content (AvgIpc) is 3.06. The molecular weight excluding hydrogens is 358 g/mol. The Labute approximate surface area is 162 Å². The molecule has 0 fully saturated rings. The number of H-pyrrole nitrogens is 1. The number of hydrogen-bond donors (Lipinski definition) is 5. The number of aliphatic imine (C=N–C) groups is 1. The normalized spacial score (nSPS) is 12.7. The van der Waals surface area contributed by atoms with Gasteiger partial charge in [-0.05, 0) is 42.5 Å². The van der Waals surface area contributed by atoms with Gasteiger partial charge in [0.2, 0.25) is 0 Å². The molecule has 0 unspecified atom stereocenters. The van der Waals surface area contributed by atoms with Gasteiger partial charge in [0, 0.05) is 36.0 Å². The van der Waals surface area contributed by atoms with Gasteiger partial charge in [0.05, 0.1) is 0 Å². The van der Waals surface area contributed by atoms with Gasteiger partial charge in [0.1, 0.15) is 5.82 Å². The summed E-state index contributed by atoms with van der Waals surface area (Å²) in [5, 5.41) is 14.3. The van der Waals surface area contributed by atoms with Crippen LogP contribution >= 0.6 is 0 Å². The molecule has 0 saturated carbocycles. The molecule has 1 amide bonds. The molecule has 0 radical (unpaired) electrons. The van der Waals surface area contributed by atoms with Gasteiger partial charge in [0.25, 0.3) is 5.91 Å². The first kappa shape index (κ1) is 19.2. The molecule has 1 aromatic carbocycles. The van der Waals surface area contributed by atoms with Crippen LogP contribution in [-0.4, -0.2) is 34.5 Å². The third kappa shape index (κ3) is 4.59. The van der Waals surface area contributed by atoms with Crippen molar-refractivity contribution >= 4 is 29.4 Å². The van der Waals surface area contributed by atoms with Crippen molar-refractivity contribution in [3.63, 3.8) is 0 Å². The molecule has 0 bridgehead atoms. The summed E-state index contributed by atoms with van der Waals surface area (Å²) in [6, 6.07) is 7.41. The molecule has 3 rings (SSSR count). The quantitative estimate of drug-likeness (QED) is 0.446. The second kappa shape index (κ2) is 8.43. The maximum Gasteiger partial charge on any atom is 0.303 e. The second-order valence-corrected chi connectivity index (χ2v) is 6.59. The highest BCUT2D eigenvalue weighted by Crippen LogP contribution is 2.30. The molecule has 1 aromatic heterocycles. The maximum absolute atomic E-state index is 12.1. The topological polar surface area (TPSA) is 133 Å². The standard InChI is InChI=1S/C20H23N5O3/c1-12-17-15(11-23-18(17)25-20(21)24-12)9-6-13-4-7-14(8-5-13)19(28)22-10-2-3-16(26)27/h4-5,7-8,11,23H,1-3,6,9-10H2,(H,22,28)(H,26,27)(H3,21,24,25). The number of aromatic nitrogens is 1. The van der Waals surface area contributed by atoms with Crippen molar-refractivity contribution in [2.75, 3.05) is 6.54 Å². The SMILES string of the molecule is C=C1NC(N)=Nc2[nH]cc(CCc3ccc(C(=O)NCCCC(=O)O)cc3)c21. The highest BCUT2D eigenvalue weighted by atomic mass is 16.4. The van der Waals surface area contributed by atoms with Crippen LogP contribution in [0.25, 0.3) is 5.70 Å². The lowest BCUT2D eigenvalue weighted by molar-refractivity contribution is -0.137. The lowest BCUT2D eigenvalue weighted by Crippen LogP contribution is -2.31. The largest absolute Gasteiger partial charge is 0.481 e. The summed E-state index contributed by atoms with van der Waals surface area (Å²) >= 11 is 0. The summed E-state index contributed by atoms with van der Waals surface area (Å²) < 4.78 is 0. The van der Waals surface area contributed by atoms with E-state index in [0.29, 0.717) is 30.3 Å². The molecule has 2 aromatic rings. The van der Waals surface area contributed by atoms with Crippen LogP contribution in [0.5, 0.6) is 0 Å². The summed E-state index contributed by atoms with van der Waals surface area (Å²) in [4.78, 5) is 29.9. The van der Waals surface area contributed by atoms with Crippen molar-refractivity contribution in [3.05, 3.63) is 59.3 Å². The summed E-state index contributed by atoms with van der Waals surface area (Å²) in [6.07, 6.45) is 3.97. The van der Waals surface area contributed by atoms with E-state index in [1.165, 1.54) is 0 Å². The fourth-order valence-electron chi connectivity index (χ4n) is 3.08. The van der Waals surface area contributed by atoms with Crippen LogP contribution in [0.3, 0.4) is 0 Å². The summed E-state index contributed by atoms with van der Waals surface area (Å²) in [7, 11) is 0. The number of aryl methyl sites for hydroxylation is 2. The predicted octanol–water partition coefficient (Wildman–Crippen LogP) is 1.91. The first-order valence-corrected chi connectivity index (χ1v) is 9.03. The Balaban J connectivity index is 1.55. The number of carbonyl (C=O) groups excluding carboxylic acids is 1. The molecule has 8 heteroatoms. The van der Waals surface area contributed by atoms with Crippen LogP contribution < -0.4 is 16.4 Å². The summed E-state index contributed by atoms with van der Waals surface area (Å²) in [6.45, 7) is 4.34. The van der Waals surface area contributed by atoms with Gasteiger partial charge in [-0.1, -0.05) is 18.7 Å². The number of nitrogens with zero attached hydrogens (tertiary/aromatic N) is 1. The van der Waals surface area contributed by atoms with E-state index in [9.17, 15) is 9.59 Å². The zero-order valence-electron chi connectivity index (χ0n) is 15.4. The van der Waals surface area contributed by atoms with Crippen LogP contribution in [0.15, 0.2) is 42.0 Å². The van der Waals surface area contributed by atoms with Crippen LogP contribution in [0.1, 0.15) is 39.9 Å². The molecular formula is C20H23N5O3. The zero-order chi connectivity index (χ0) is 20.1. The highest BCUT2D eigenvalue weighted by Gasteiger charge is 2.18. The maximum atomic E-state index is 12.1. The van der Waals surface area contributed by atoms with E-state index in [1.807, 2.05) is 18.3 Å². The smallest absolute Gasteiger partial charge is 0.303 e. The van der Waals surface area contributed by atoms with Crippen molar-refractivity contribution in [3.8, 4) is 0 Å². The molecule has 0 saturated heterocycles. The Kier molecular flexibility index (Phi) is 5.78. The van der Waals surface area contributed by atoms with Crippen molar-refractivity contribution in [2.24, 2.45) is 10.7 Å². The van der Waals surface area contributed by atoms with Gasteiger partial charge in [-0.3, -0.25) is 9.59 Å². The van der Waals surface area contributed by atoms with Gasteiger partial charge in [-0.25, -0.2) is 0 Å². The predicted molar refractivity (Wildman–Crippen MR) is 107 cm³/mol. The minimum atomic E-state index is -0.864. The molecule has 0 aliphatic carbocycles. The number of hydrogen-bond acceptors (Lipinski definition) is 5. The van der Waals surface area contributed by atoms with Crippen molar-refractivity contribution in [1.29, 1.82) is 0 Å². The Hall–Kier alpha value is -3.55. The molecule has 8 nitrogen and oxygen atoms in total. The Bertz CT molecular complexity index is 928. The van der Waals surface area contributed by atoms with Crippen molar-refractivity contribution in [2.45, 2.75) is 25.7 Å². The van der Waals surface area contributed by atoms with E-state index >= 15 is 0 Å². The number of guanidine groups is 1. The number of amides is 1. The first-order valence-electron chi connectivity index (χ1n) is 9.03. The summed E-state index contributed by atoms with van der Waals surface area (Å²) in [5.74, 6) is -0.0275. The highest BCUT2D eigenvalue weighted by molar-refractivity contribution is 5.95. The zero-order valence-corrected chi connectivity index (χ0v) is 15.4. The van der Waals surface area contributed by atoms with Gasteiger partial charge >= 0.3 is 5.97 Å². The molecule has 146 valence electrons. The Morgan fingerprint density at radius 1 is 1.21 bits per heavy atom. The molecule has 0 atom stereocenters. The lowest BCUT2D eigenvalue weighted by Gasteiger charge is -2.15. The average molecular weight is 381 g/mol. The Morgan fingerprint density at radius 2 is 1.96 bits per heavy atom.